The molecule has 0 saturated carbocycles. The molecule has 0 unspecified atom stereocenters. The first kappa shape index (κ1) is 12.0. The van der Waals surface area contributed by atoms with Crippen LogP contribution in [0.1, 0.15) is 41.5 Å². The van der Waals surface area contributed by atoms with Crippen molar-refractivity contribution in [3.63, 3.8) is 0 Å². The van der Waals surface area contributed by atoms with Crippen molar-refractivity contribution >= 4 is 0 Å². The van der Waals surface area contributed by atoms with Crippen molar-refractivity contribution in [1.29, 1.82) is 0 Å². The van der Waals surface area contributed by atoms with Crippen LogP contribution in [0.15, 0.2) is 0 Å². The van der Waals surface area contributed by atoms with E-state index in [0.717, 1.165) is 13.2 Å². The van der Waals surface area contributed by atoms with Gasteiger partial charge < -0.3 is 9.47 Å². The standard InChI is InChI=1S/C12H24O2/c1-9(2)12(10(3)4)7-13-11(5,6)14-8-12/h9-10H,7-8H2,1-6H3. The lowest BCUT2D eigenvalue weighted by Crippen LogP contribution is -2.51. The van der Waals surface area contributed by atoms with Crippen molar-refractivity contribution in [2.24, 2.45) is 17.3 Å². The second kappa shape index (κ2) is 3.82. The zero-order valence-corrected chi connectivity index (χ0v) is 10.4. The summed E-state index contributed by atoms with van der Waals surface area (Å²) >= 11 is 0. The first-order valence-corrected chi connectivity index (χ1v) is 5.58. The molecule has 0 N–H and O–H groups in total. The summed E-state index contributed by atoms with van der Waals surface area (Å²) in [7, 11) is 0. The molecule has 84 valence electrons. The Morgan fingerprint density at radius 3 is 1.50 bits per heavy atom. The molecule has 1 aliphatic heterocycles. The predicted octanol–water partition coefficient (Wildman–Crippen LogP) is 3.07. The Hall–Kier alpha value is -0.0800. The Kier molecular flexibility index (Phi) is 3.27. The molecule has 0 aromatic rings. The highest BCUT2D eigenvalue weighted by molar-refractivity contribution is 4.88. The third kappa shape index (κ3) is 2.12. The van der Waals surface area contributed by atoms with E-state index in [0.29, 0.717) is 11.8 Å². The summed E-state index contributed by atoms with van der Waals surface area (Å²) in [6.45, 7) is 14.6. The molecule has 1 aliphatic rings. The molecule has 1 fully saturated rings. The fraction of sp³-hybridized carbons (Fsp3) is 1.00. The van der Waals surface area contributed by atoms with Crippen molar-refractivity contribution in [2.75, 3.05) is 13.2 Å². The molecule has 2 nitrogen and oxygen atoms in total. The molecule has 1 rings (SSSR count). The Morgan fingerprint density at radius 2 is 1.21 bits per heavy atom. The van der Waals surface area contributed by atoms with Gasteiger partial charge >= 0.3 is 0 Å². The molecule has 1 saturated heterocycles. The van der Waals surface area contributed by atoms with E-state index < -0.39 is 5.79 Å². The third-order valence-electron chi connectivity index (χ3n) is 3.68. The topological polar surface area (TPSA) is 18.5 Å². The molecule has 14 heavy (non-hydrogen) atoms. The van der Waals surface area contributed by atoms with Gasteiger partial charge in [-0.2, -0.15) is 0 Å². The first-order valence-electron chi connectivity index (χ1n) is 5.58. The molecule has 0 radical (unpaired) electrons. The maximum atomic E-state index is 5.78. The zero-order valence-electron chi connectivity index (χ0n) is 10.4. The Bertz CT molecular complexity index is 174. The van der Waals surface area contributed by atoms with E-state index in [1.54, 1.807) is 0 Å². The lowest BCUT2D eigenvalue weighted by atomic mass is 9.69. The second-order valence-electron chi connectivity index (χ2n) is 5.52. The van der Waals surface area contributed by atoms with Gasteiger partial charge in [-0.25, -0.2) is 0 Å². The minimum absolute atomic E-state index is 0.190. The van der Waals surface area contributed by atoms with E-state index in [1.165, 1.54) is 0 Å². The minimum Gasteiger partial charge on any atom is -0.350 e. The van der Waals surface area contributed by atoms with Gasteiger partial charge in [-0.1, -0.05) is 27.7 Å². The van der Waals surface area contributed by atoms with Crippen molar-refractivity contribution in [3.8, 4) is 0 Å². The third-order valence-corrected chi connectivity index (χ3v) is 3.68. The average molecular weight is 200 g/mol. The zero-order chi connectivity index (χ0) is 11.0. The summed E-state index contributed by atoms with van der Waals surface area (Å²) < 4.78 is 11.6. The Balaban J connectivity index is 2.75. The van der Waals surface area contributed by atoms with Gasteiger partial charge in [0.1, 0.15) is 0 Å². The van der Waals surface area contributed by atoms with E-state index >= 15 is 0 Å². The van der Waals surface area contributed by atoms with E-state index in [9.17, 15) is 0 Å². The highest BCUT2D eigenvalue weighted by Gasteiger charge is 2.44. The van der Waals surface area contributed by atoms with Crippen LogP contribution >= 0.6 is 0 Å². The van der Waals surface area contributed by atoms with E-state index in [1.807, 2.05) is 13.8 Å². The average Bonchev–Trinajstić information content (AvgIpc) is 2.03. The van der Waals surface area contributed by atoms with Gasteiger partial charge in [-0.05, 0) is 25.7 Å². The van der Waals surface area contributed by atoms with Crippen molar-refractivity contribution in [1.82, 2.24) is 0 Å². The largest absolute Gasteiger partial charge is 0.350 e. The van der Waals surface area contributed by atoms with Crippen LogP contribution in [0.5, 0.6) is 0 Å². The van der Waals surface area contributed by atoms with Gasteiger partial charge in [-0.3, -0.25) is 0 Å². The van der Waals surface area contributed by atoms with Gasteiger partial charge in [0.2, 0.25) is 0 Å². The van der Waals surface area contributed by atoms with Crippen LogP contribution in [-0.4, -0.2) is 19.0 Å². The summed E-state index contributed by atoms with van der Waals surface area (Å²) in [5.74, 6) is 0.796. The Morgan fingerprint density at radius 1 is 0.857 bits per heavy atom. The quantitative estimate of drug-likeness (QED) is 0.682. The minimum atomic E-state index is -0.396. The SMILES string of the molecule is CC(C)C1(C(C)C)COC(C)(C)OC1. The summed E-state index contributed by atoms with van der Waals surface area (Å²) in [5.41, 5.74) is 0.190. The van der Waals surface area contributed by atoms with E-state index in [2.05, 4.69) is 27.7 Å². The smallest absolute Gasteiger partial charge is 0.162 e. The molecule has 0 aliphatic carbocycles. The summed E-state index contributed by atoms with van der Waals surface area (Å²) in [6, 6.07) is 0. The highest BCUT2D eigenvalue weighted by Crippen LogP contribution is 2.41. The van der Waals surface area contributed by atoms with Crippen molar-refractivity contribution < 1.29 is 9.47 Å². The van der Waals surface area contributed by atoms with Crippen molar-refractivity contribution in [2.45, 2.75) is 47.3 Å². The number of hydrogen-bond acceptors (Lipinski definition) is 2. The maximum absolute atomic E-state index is 5.78. The van der Waals surface area contributed by atoms with Crippen LogP contribution < -0.4 is 0 Å². The summed E-state index contributed by atoms with van der Waals surface area (Å²) in [5, 5.41) is 0. The van der Waals surface area contributed by atoms with Crippen LogP contribution in [0.2, 0.25) is 0 Å². The van der Waals surface area contributed by atoms with Crippen LogP contribution in [0, 0.1) is 17.3 Å². The highest BCUT2D eigenvalue weighted by atomic mass is 16.7. The van der Waals surface area contributed by atoms with Gasteiger partial charge in [0, 0.05) is 5.41 Å². The van der Waals surface area contributed by atoms with Crippen LogP contribution in [0.4, 0.5) is 0 Å². The first-order chi connectivity index (χ1) is 6.30. The van der Waals surface area contributed by atoms with Gasteiger partial charge in [-0.15, -0.1) is 0 Å². The molecule has 2 heteroatoms. The molecule has 1 heterocycles. The van der Waals surface area contributed by atoms with Gasteiger partial charge in [0.05, 0.1) is 13.2 Å². The molecule has 0 spiro atoms. The fourth-order valence-electron chi connectivity index (χ4n) is 2.03. The number of ether oxygens (including phenoxy) is 2. The Labute approximate surface area is 88.0 Å². The molecule has 0 atom stereocenters. The van der Waals surface area contributed by atoms with Crippen LogP contribution in [-0.2, 0) is 9.47 Å². The fourth-order valence-corrected chi connectivity index (χ4v) is 2.03. The van der Waals surface area contributed by atoms with E-state index in [-0.39, 0.29) is 5.41 Å². The summed E-state index contributed by atoms with van der Waals surface area (Å²) in [6.07, 6.45) is 0. The van der Waals surface area contributed by atoms with Crippen molar-refractivity contribution in [3.05, 3.63) is 0 Å². The molecule has 0 amide bonds. The van der Waals surface area contributed by atoms with E-state index in [4.69, 9.17) is 9.47 Å². The lowest BCUT2D eigenvalue weighted by Gasteiger charge is -2.48. The van der Waals surface area contributed by atoms with Crippen LogP contribution in [0.3, 0.4) is 0 Å². The monoisotopic (exact) mass is 200 g/mol. The molecule has 0 aromatic carbocycles. The molecular weight excluding hydrogens is 176 g/mol. The number of rotatable bonds is 2. The lowest BCUT2D eigenvalue weighted by molar-refractivity contribution is -0.300. The molecule has 0 bridgehead atoms. The number of hydrogen-bond donors (Lipinski definition) is 0. The normalized spacial score (nSPS) is 25.7. The second-order valence-corrected chi connectivity index (χ2v) is 5.52. The predicted molar refractivity (Wildman–Crippen MR) is 58.1 cm³/mol. The molecular formula is C12H24O2. The summed E-state index contributed by atoms with van der Waals surface area (Å²) in [4.78, 5) is 0. The maximum Gasteiger partial charge on any atom is 0.162 e. The molecule has 0 aromatic heterocycles. The van der Waals surface area contributed by atoms with Crippen LogP contribution in [0.25, 0.3) is 0 Å². The van der Waals surface area contributed by atoms with Gasteiger partial charge in [0.25, 0.3) is 0 Å². The van der Waals surface area contributed by atoms with Gasteiger partial charge in [0.15, 0.2) is 5.79 Å².